The third kappa shape index (κ3) is 2.64. The van der Waals surface area contributed by atoms with Gasteiger partial charge < -0.3 is 4.57 Å². The van der Waals surface area contributed by atoms with E-state index in [1.807, 2.05) is 24.3 Å². The van der Waals surface area contributed by atoms with Gasteiger partial charge in [0.1, 0.15) is 0 Å². The summed E-state index contributed by atoms with van der Waals surface area (Å²) < 4.78 is 2.06. The minimum absolute atomic E-state index is 0.464. The number of hydrogen-bond donors (Lipinski definition) is 0. The van der Waals surface area contributed by atoms with Gasteiger partial charge in [0.25, 0.3) is 0 Å². The molecule has 4 nitrogen and oxygen atoms in total. The molecule has 0 aliphatic rings. The van der Waals surface area contributed by atoms with Crippen LogP contribution in [0.15, 0.2) is 29.4 Å². The molecule has 18 heavy (non-hydrogen) atoms. The average molecular weight is 256 g/mol. The minimum Gasteiger partial charge on any atom is -0.318 e. The highest BCUT2D eigenvalue weighted by Gasteiger charge is 2.10. The summed E-state index contributed by atoms with van der Waals surface area (Å²) in [7, 11) is 0. The number of imidazole rings is 1. The molecule has 2 rings (SSSR count). The fourth-order valence-electron chi connectivity index (χ4n) is 1.73. The van der Waals surface area contributed by atoms with Crippen molar-refractivity contribution in [2.24, 2.45) is 0 Å². The lowest BCUT2D eigenvalue weighted by Gasteiger charge is -2.05. The van der Waals surface area contributed by atoms with Crippen molar-refractivity contribution in [2.75, 3.05) is 5.75 Å². The van der Waals surface area contributed by atoms with E-state index in [1.54, 1.807) is 11.8 Å². The molecule has 0 unspecified atom stereocenters. The van der Waals surface area contributed by atoms with Crippen LogP contribution in [0.5, 0.6) is 0 Å². The smallest absolute Gasteiger partial charge is 0.169 e. The van der Waals surface area contributed by atoms with Crippen molar-refractivity contribution >= 4 is 22.8 Å². The Bertz CT molecular complexity index is 618. The Morgan fingerprint density at radius 3 is 2.72 bits per heavy atom. The number of fused-ring (bicyclic) bond motifs is 1. The monoisotopic (exact) mass is 256 g/mol. The van der Waals surface area contributed by atoms with Crippen molar-refractivity contribution in [3.05, 3.63) is 24.3 Å². The third-order valence-corrected chi connectivity index (χ3v) is 3.49. The predicted octanol–water partition coefficient (Wildman–Crippen LogP) is 2.96. The topological polar surface area (TPSA) is 65.4 Å². The maximum Gasteiger partial charge on any atom is 0.169 e. The highest BCUT2D eigenvalue weighted by molar-refractivity contribution is 7.99. The summed E-state index contributed by atoms with van der Waals surface area (Å²) >= 11 is 1.57. The van der Waals surface area contributed by atoms with Gasteiger partial charge in [-0.1, -0.05) is 23.9 Å². The molecule has 0 radical (unpaired) electrons. The standard InChI is InChI=1S/C13H12N4S/c14-7-3-9-17-12-6-2-1-5-11(12)16-13(17)18-10-4-8-15/h1-2,5-6H,3-4,9-10H2. The number of thioether (sulfide) groups is 1. The molecule has 0 saturated heterocycles. The molecule has 1 aromatic heterocycles. The van der Waals surface area contributed by atoms with Crippen LogP contribution in [0.25, 0.3) is 11.0 Å². The summed E-state index contributed by atoms with van der Waals surface area (Å²) in [6.45, 7) is 0.645. The Morgan fingerprint density at radius 1 is 1.17 bits per heavy atom. The SMILES string of the molecule is N#CCCSc1nc2ccccc2n1CCC#N. The van der Waals surface area contributed by atoms with E-state index in [0.29, 0.717) is 19.4 Å². The molecule has 5 heteroatoms. The van der Waals surface area contributed by atoms with Crippen LogP contribution in [0.2, 0.25) is 0 Å². The zero-order valence-corrected chi connectivity index (χ0v) is 10.7. The van der Waals surface area contributed by atoms with Gasteiger partial charge in [0, 0.05) is 18.7 Å². The number of aromatic nitrogens is 2. The number of para-hydroxylation sites is 2. The fraction of sp³-hybridized carbons (Fsp3) is 0.308. The Kier molecular flexibility index (Phi) is 4.22. The third-order valence-electron chi connectivity index (χ3n) is 2.51. The van der Waals surface area contributed by atoms with E-state index in [-0.39, 0.29) is 0 Å². The second-order valence-electron chi connectivity index (χ2n) is 3.70. The molecule has 0 aliphatic carbocycles. The predicted molar refractivity (Wildman–Crippen MR) is 70.9 cm³/mol. The fourth-order valence-corrected chi connectivity index (χ4v) is 2.61. The molecule has 1 aromatic carbocycles. The van der Waals surface area contributed by atoms with E-state index >= 15 is 0 Å². The number of benzene rings is 1. The molecule has 0 saturated carbocycles. The molecule has 0 N–H and O–H groups in total. The molecule has 0 spiro atoms. The first-order valence-corrected chi connectivity index (χ1v) is 6.67. The summed E-state index contributed by atoms with van der Waals surface area (Å²) in [6.07, 6.45) is 0.971. The average Bonchev–Trinajstić information content (AvgIpc) is 2.74. The van der Waals surface area contributed by atoms with Crippen molar-refractivity contribution in [1.82, 2.24) is 9.55 Å². The number of aryl methyl sites for hydroxylation is 1. The number of nitrogens with zero attached hydrogens (tertiary/aromatic N) is 4. The van der Waals surface area contributed by atoms with Gasteiger partial charge in [-0.2, -0.15) is 10.5 Å². The van der Waals surface area contributed by atoms with Crippen LogP contribution in [0.3, 0.4) is 0 Å². The largest absolute Gasteiger partial charge is 0.318 e. The molecule has 0 amide bonds. The van der Waals surface area contributed by atoms with Crippen LogP contribution < -0.4 is 0 Å². The Balaban J connectivity index is 2.31. The van der Waals surface area contributed by atoms with E-state index in [2.05, 4.69) is 21.7 Å². The Hall–Kier alpha value is -1.98. The summed E-state index contributed by atoms with van der Waals surface area (Å²) in [4.78, 5) is 4.54. The molecule has 0 aliphatic heterocycles. The van der Waals surface area contributed by atoms with Crippen LogP contribution >= 0.6 is 11.8 Å². The quantitative estimate of drug-likeness (QED) is 0.609. The number of nitriles is 2. The van der Waals surface area contributed by atoms with Gasteiger partial charge >= 0.3 is 0 Å². The van der Waals surface area contributed by atoms with Crippen molar-refractivity contribution in [2.45, 2.75) is 24.5 Å². The lowest BCUT2D eigenvalue weighted by atomic mass is 10.3. The molecule has 1 heterocycles. The normalized spacial score (nSPS) is 10.1. The molecule has 90 valence electrons. The molecule has 0 fully saturated rings. The van der Waals surface area contributed by atoms with Gasteiger partial charge in [-0.15, -0.1) is 0 Å². The van der Waals surface area contributed by atoms with Gasteiger partial charge in [0.2, 0.25) is 0 Å². The van der Waals surface area contributed by atoms with Gasteiger partial charge in [0.05, 0.1) is 29.6 Å². The molecule has 2 aromatic rings. The van der Waals surface area contributed by atoms with Crippen LogP contribution in [0, 0.1) is 22.7 Å². The van der Waals surface area contributed by atoms with E-state index in [1.165, 1.54) is 0 Å². The maximum absolute atomic E-state index is 8.71. The van der Waals surface area contributed by atoms with E-state index in [4.69, 9.17) is 10.5 Å². The van der Waals surface area contributed by atoms with E-state index in [9.17, 15) is 0 Å². The maximum atomic E-state index is 8.71. The highest BCUT2D eigenvalue weighted by atomic mass is 32.2. The molecule has 0 atom stereocenters. The van der Waals surface area contributed by atoms with Crippen LogP contribution in [0.4, 0.5) is 0 Å². The summed E-state index contributed by atoms with van der Waals surface area (Å²) in [6, 6.07) is 12.2. The summed E-state index contributed by atoms with van der Waals surface area (Å²) in [5.41, 5.74) is 1.99. The lowest BCUT2D eigenvalue weighted by Crippen LogP contribution is -1.99. The van der Waals surface area contributed by atoms with Gasteiger partial charge in [0.15, 0.2) is 5.16 Å². The van der Waals surface area contributed by atoms with Gasteiger partial charge in [-0.3, -0.25) is 0 Å². The van der Waals surface area contributed by atoms with Gasteiger partial charge in [-0.25, -0.2) is 4.98 Å². The van der Waals surface area contributed by atoms with E-state index < -0.39 is 0 Å². The first kappa shape index (κ1) is 12.5. The minimum atomic E-state index is 0.464. The molecular formula is C13H12N4S. The molecular weight excluding hydrogens is 244 g/mol. The first-order valence-electron chi connectivity index (χ1n) is 5.69. The van der Waals surface area contributed by atoms with Crippen LogP contribution in [-0.2, 0) is 6.54 Å². The van der Waals surface area contributed by atoms with E-state index in [0.717, 1.165) is 21.9 Å². The summed E-state index contributed by atoms with van der Waals surface area (Å²) in [5, 5.41) is 18.2. The van der Waals surface area contributed by atoms with Crippen molar-refractivity contribution < 1.29 is 0 Å². The number of hydrogen-bond acceptors (Lipinski definition) is 4. The van der Waals surface area contributed by atoms with Crippen LogP contribution in [0.1, 0.15) is 12.8 Å². The van der Waals surface area contributed by atoms with Crippen LogP contribution in [-0.4, -0.2) is 15.3 Å². The highest BCUT2D eigenvalue weighted by Crippen LogP contribution is 2.24. The summed E-state index contributed by atoms with van der Waals surface area (Å²) in [5.74, 6) is 0.729. The van der Waals surface area contributed by atoms with Gasteiger partial charge in [-0.05, 0) is 12.1 Å². The van der Waals surface area contributed by atoms with Crippen molar-refractivity contribution in [3.63, 3.8) is 0 Å². The first-order chi connectivity index (χ1) is 8.86. The lowest BCUT2D eigenvalue weighted by molar-refractivity contribution is 0.667. The number of rotatable bonds is 5. The Morgan fingerprint density at radius 2 is 1.94 bits per heavy atom. The molecule has 0 bridgehead atoms. The second kappa shape index (κ2) is 6.09. The second-order valence-corrected chi connectivity index (χ2v) is 4.76. The Labute approximate surface area is 110 Å². The zero-order valence-electron chi connectivity index (χ0n) is 9.83. The van der Waals surface area contributed by atoms with Crippen molar-refractivity contribution in [1.29, 1.82) is 10.5 Å². The van der Waals surface area contributed by atoms with Crippen molar-refractivity contribution in [3.8, 4) is 12.1 Å². The zero-order chi connectivity index (χ0) is 12.8.